The van der Waals surface area contributed by atoms with E-state index < -0.39 is 0 Å². The van der Waals surface area contributed by atoms with Gasteiger partial charge in [0.25, 0.3) is 0 Å². The molecule has 6 heteroatoms. The number of hydrogen-bond acceptors (Lipinski definition) is 5. The number of piperazine rings is 1. The normalized spacial score (nSPS) is 25.0. The number of rotatable bonds is 5. The zero-order valence-electron chi connectivity index (χ0n) is 14.6. The number of hydrogen-bond donors (Lipinski definition) is 2. The fourth-order valence-corrected chi connectivity index (χ4v) is 3.50. The van der Waals surface area contributed by atoms with E-state index in [1.165, 1.54) is 12.0 Å². The quantitative estimate of drug-likeness (QED) is 0.847. The monoisotopic (exact) mass is 332 g/mol. The molecule has 0 bridgehead atoms. The highest BCUT2D eigenvalue weighted by molar-refractivity contribution is 5.82. The van der Waals surface area contributed by atoms with Crippen LogP contribution in [0.1, 0.15) is 31.4 Å². The summed E-state index contributed by atoms with van der Waals surface area (Å²) >= 11 is 0. The van der Waals surface area contributed by atoms with Crippen LogP contribution >= 0.6 is 0 Å². The molecule has 1 aromatic rings. The molecule has 2 N–H and O–H groups in total. The second-order valence-electron chi connectivity index (χ2n) is 6.57. The highest BCUT2D eigenvalue weighted by Crippen LogP contribution is 2.25. The van der Waals surface area contributed by atoms with Gasteiger partial charge < -0.3 is 9.64 Å². The van der Waals surface area contributed by atoms with Crippen molar-refractivity contribution in [1.29, 1.82) is 0 Å². The first kappa shape index (κ1) is 17.2. The molecule has 132 valence electrons. The summed E-state index contributed by atoms with van der Waals surface area (Å²) in [5.74, 6) is 1.07. The second kappa shape index (κ2) is 7.96. The van der Waals surface area contributed by atoms with E-state index in [4.69, 9.17) is 4.74 Å². The van der Waals surface area contributed by atoms with Gasteiger partial charge in [0.1, 0.15) is 11.8 Å². The van der Waals surface area contributed by atoms with Crippen molar-refractivity contribution >= 4 is 5.91 Å². The topological polar surface area (TPSA) is 56.8 Å². The summed E-state index contributed by atoms with van der Waals surface area (Å²) in [5.41, 5.74) is 7.61. The number of carbonyl (C=O) groups is 1. The van der Waals surface area contributed by atoms with Crippen LogP contribution in [0.15, 0.2) is 24.3 Å². The first-order valence-corrected chi connectivity index (χ1v) is 8.87. The van der Waals surface area contributed by atoms with Crippen molar-refractivity contribution in [3.63, 3.8) is 0 Å². The van der Waals surface area contributed by atoms with Crippen LogP contribution in [0, 0.1) is 0 Å². The Morgan fingerprint density at radius 2 is 1.88 bits per heavy atom. The number of ether oxygens (including phenoxy) is 1. The highest BCUT2D eigenvalue weighted by atomic mass is 16.5. The van der Waals surface area contributed by atoms with Crippen LogP contribution in [0.3, 0.4) is 0 Å². The van der Waals surface area contributed by atoms with Crippen LogP contribution in [-0.2, 0) is 4.79 Å². The Hall–Kier alpha value is -1.63. The standard InChI is InChI=1S/C18H28N4O2/c1-3-8-21-9-11-22(12-10-21)18(23)17-13-16(19-20-17)14-4-6-15(24-2)7-5-14/h4-7,16-17,19-20H,3,8-13H2,1-2H3. The Morgan fingerprint density at radius 1 is 1.17 bits per heavy atom. The fraction of sp³-hybridized carbons (Fsp3) is 0.611. The number of benzene rings is 1. The van der Waals surface area contributed by atoms with Crippen molar-refractivity contribution in [3.8, 4) is 5.75 Å². The van der Waals surface area contributed by atoms with Crippen molar-refractivity contribution in [2.75, 3.05) is 39.8 Å². The van der Waals surface area contributed by atoms with Crippen molar-refractivity contribution < 1.29 is 9.53 Å². The molecular formula is C18H28N4O2. The molecule has 0 spiro atoms. The average molecular weight is 332 g/mol. The average Bonchev–Trinajstić information content (AvgIpc) is 3.12. The molecule has 2 unspecified atom stereocenters. The third-order valence-electron chi connectivity index (χ3n) is 4.94. The summed E-state index contributed by atoms with van der Waals surface area (Å²) < 4.78 is 5.20. The zero-order valence-corrected chi connectivity index (χ0v) is 14.6. The Bertz CT molecular complexity index is 540. The number of nitrogens with one attached hydrogen (secondary N) is 2. The largest absolute Gasteiger partial charge is 0.497 e. The molecule has 2 atom stereocenters. The lowest BCUT2D eigenvalue weighted by Gasteiger charge is -2.35. The van der Waals surface area contributed by atoms with E-state index in [-0.39, 0.29) is 18.0 Å². The molecule has 0 radical (unpaired) electrons. The molecule has 2 heterocycles. The third-order valence-corrected chi connectivity index (χ3v) is 4.94. The van der Waals surface area contributed by atoms with E-state index in [9.17, 15) is 4.79 Å². The van der Waals surface area contributed by atoms with Crippen LogP contribution in [0.2, 0.25) is 0 Å². The van der Waals surface area contributed by atoms with Crippen LogP contribution in [0.5, 0.6) is 5.75 Å². The molecule has 1 amide bonds. The second-order valence-corrected chi connectivity index (χ2v) is 6.57. The van der Waals surface area contributed by atoms with Gasteiger partial charge in [-0.3, -0.25) is 9.69 Å². The fourth-order valence-electron chi connectivity index (χ4n) is 3.50. The summed E-state index contributed by atoms with van der Waals surface area (Å²) in [6.45, 7) is 6.98. The zero-order chi connectivity index (χ0) is 16.9. The maximum atomic E-state index is 12.7. The lowest BCUT2D eigenvalue weighted by molar-refractivity contribution is -0.134. The van der Waals surface area contributed by atoms with Crippen molar-refractivity contribution in [2.45, 2.75) is 31.8 Å². The van der Waals surface area contributed by atoms with Crippen molar-refractivity contribution in [3.05, 3.63) is 29.8 Å². The Balaban J connectivity index is 1.52. The van der Waals surface area contributed by atoms with E-state index in [0.29, 0.717) is 0 Å². The summed E-state index contributed by atoms with van der Waals surface area (Å²) in [6.07, 6.45) is 1.95. The summed E-state index contributed by atoms with van der Waals surface area (Å²) in [5, 5.41) is 0. The van der Waals surface area contributed by atoms with E-state index in [2.05, 4.69) is 34.8 Å². The highest BCUT2D eigenvalue weighted by Gasteiger charge is 2.33. The van der Waals surface area contributed by atoms with Crippen LogP contribution in [-0.4, -0.2) is 61.6 Å². The van der Waals surface area contributed by atoms with E-state index in [1.807, 2.05) is 17.0 Å². The number of hydrazine groups is 1. The van der Waals surface area contributed by atoms with Gasteiger partial charge in [-0.05, 0) is 37.1 Å². The molecule has 2 aliphatic heterocycles. The first-order valence-electron chi connectivity index (χ1n) is 8.87. The van der Waals surface area contributed by atoms with Gasteiger partial charge in [-0.2, -0.15) is 0 Å². The molecule has 1 aromatic carbocycles. The SMILES string of the molecule is CCCN1CCN(C(=O)C2CC(c3ccc(OC)cc3)NN2)CC1. The maximum Gasteiger partial charge on any atom is 0.241 e. The van der Waals surface area contributed by atoms with Gasteiger partial charge >= 0.3 is 0 Å². The van der Waals surface area contributed by atoms with E-state index in [1.54, 1.807) is 7.11 Å². The molecule has 6 nitrogen and oxygen atoms in total. The number of methoxy groups -OCH3 is 1. The molecule has 2 saturated heterocycles. The third kappa shape index (κ3) is 3.88. The van der Waals surface area contributed by atoms with Gasteiger partial charge in [0, 0.05) is 32.2 Å². The van der Waals surface area contributed by atoms with Gasteiger partial charge in [-0.1, -0.05) is 19.1 Å². The van der Waals surface area contributed by atoms with E-state index >= 15 is 0 Å². The number of nitrogens with zero attached hydrogens (tertiary/aromatic N) is 2. The predicted octanol–water partition coefficient (Wildman–Crippen LogP) is 1.16. The van der Waals surface area contributed by atoms with Gasteiger partial charge in [0.2, 0.25) is 5.91 Å². The van der Waals surface area contributed by atoms with Gasteiger partial charge in [-0.15, -0.1) is 0 Å². The number of amides is 1. The molecule has 3 rings (SSSR count). The maximum absolute atomic E-state index is 12.7. The summed E-state index contributed by atoms with van der Waals surface area (Å²) in [7, 11) is 1.67. The van der Waals surface area contributed by atoms with Gasteiger partial charge in [0.05, 0.1) is 7.11 Å². The molecular weight excluding hydrogens is 304 g/mol. The molecule has 24 heavy (non-hydrogen) atoms. The molecule has 0 aromatic heterocycles. The lowest BCUT2D eigenvalue weighted by atomic mass is 10.0. The van der Waals surface area contributed by atoms with Crippen molar-refractivity contribution in [1.82, 2.24) is 20.7 Å². The van der Waals surface area contributed by atoms with Crippen LogP contribution < -0.4 is 15.6 Å². The Labute approximate surface area is 144 Å². The first-order chi connectivity index (χ1) is 11.7. The minimum Gasteiger partial charge on any atom is -0.497 e. The van der Waals surface area contributed by atoms with Crippen molar-refractivity contribution in [2.24, 2.45) is 0 Å². The van der Waals surface area contributed by atoms with Crippen LogP contribution in [0.4, 0.5) is 0 Å². The van der Waals surface area contributed by atoms with Gasteiger partial charge in [0.15, 0.2) is 0 Å². The summed E-state index contributed by atoms with van der Waals surface area (Å²) in [4.78, 5) is 17.2. The van der Waals surface area contributed by atoms with Gasteiger partial charge in [-0.25, -0.2) is 10.9 Å². The lowest BCUT2D eigenvalue weighted by Crippen LogP contribution is -2.53. The minimum atomic E-state index is -0.144. The summed E-state index contributed by atoms with van der Waals surface area (Å²) in [6, 6.07) is 8.03. The smallest absolute Gasteiger partial charge is 0.241 e. The Kier molecular flexibility index (Phi) is 5.71. The van der Waals surface area contributed by atoms with Crippen LogP contribution in [0.25, 0.3) is 0 Å². The molecule has 2 fully saturated rings. The minimum absolute atomic E-state index is 0.144. The molecule has 2 aliphatic rings. The molecule has 0 saturated carbocycles. The Morgan fingerprint density at radius 3 is 2.50 bits per heavy atom. The van der Waals surface area contributed by atoms with E-state index in [0.717, 1.165) is 44.9 Å². The number of carbonyl (C=O) groups excluding carboxylic acids is 1. The molecule has 0 aliphatic carbocycles. The predicted molar refractivity (Wildman–Crippen MR) is 93.7 cm³/mol.